The van der Waals surface area contributed by atoms with Gasteiger partial charge in [0.2, 0.25) is 5.89 Å². The first-order chi connectivity index (χ1) is 11.3. The third-order valence-electron chi connectivity index (χ3n) is 3.20. The van der Waals surface area contributed by atoms with Gasteiger partial charge >= 0.3 is 0 Å². The van der Waals surface area contributed by atoms with E-state index in [1.807, 2.05) is 36.4 Å². The Balaban J connectivity index is 1.68. The molecule has 3 aromatic heterocycles. The molecule has 0 fully saturated rings. The highest BCUT2D eigenvalue weighted by Gasteiger charge is 2.12. The summed E-state index contributed by atoms with van der Waals surface area (Å²) in [6.45, 7) is 0. The van der Waals surface area contributed by atoms with Crippen LogP contribution in [-0.2, 0) is 0 Å². The van der Waals surface area contributed by atoms with Crippen LogP contribution in [0, 0.1) is 0 Å². The smallest absolute Gasteiger partial charge is 0.281 e. The number of rotatable bonds is 3. The van der Waals surface area contributed by atoms with E-state index in [1.54, 1.807) is 18.6 Å². The molecule has 0 amide bonds. The molecule has 0 saturated heterocycles. The lowest BCUT2D eigenvalue weighted by atomic mass is 10.2. The molecule has 5 nitrogen and oxygen atoms in total. The third kappa shape index (κ3) is 2.91. The molecule has 0 spiro atoms. The van der Waals surface area contributed by atoms with E-state index in [4.69, 9.17) is 16.0 Å². The van der Waals surface area contributed by atoms with Crippen LogP contribution in [-0.4, -0.2) is 20.2 Å². The van der Waals surface area contributed by atoms with Crippen LogP contribution in [0.15, 0.2) is 69.5 Å². The van der Waals surface area contributed by atoms with Crippen molar-refractivity contribution in [2.75, 3.05) is 0 Å². The van der Waals surface area contributed by atoms with E-state index in [9.17, 15) is 0 Å². The van der Waals surface area contributed by atoms with Crippen molar-refractivity contribution in [2.45, 2.75) is 10.1 Å². The van der Waals surface area contributed by atoms with Gasteiger partial charge in [-0.3, -0.25) is 9.97 Å². The Kier molecular flexibility index (Phi) is 3.69. The van der Waals surface area contributed by atoms with Crippen molar-refractivity contribution in [1.29, 1.82) is 0 Å². The molecule has 0 N–H and O–H groups in total. The number of halogens is 1. The van der Waals surface area contributed by atoms with Crippen LogP contribution in [0.25, 0.3) is 22.4 Å². The summed E-state index contributed by atoms with van der Waals surface area (Å²) >= 11 is 7.41. The standard InChI is InChI=1S/C16H9ClN4OS/c17-11-1-2-12-13(9-11)19-8-5-14(12)23-16-21-20-15(22-16)10-3-6-18-7-4-10/h1-9H. The number of pyridine rings is 2. The molecular weight excluding hydrogens is 332 g/mol. The van der Waals surface area contributed by atoms with E-state index in [-0.39, 0.29) is 0 Å². The van der Waals surface area contributed by atoms with Gasteiger partial charge in [0.25, 0.3) is 5.22 Å². The van der Waals surface area contributed by atoms with Crippen molar-refractivity contribution in [3.63, 3.8) is 0 Å². The normalized spacial score (nSPS) is 11.0. The van der Waals surface area contributed by atoms with E-state index in [0.29, 0.717) is 16.1 Å². The largest absolute Gasteiger partial charge is 0.411 e. The van der Waals surface area contributed by atoms with Crippen molar-refractivity contribution in [2.24, 2.45) is 0 Å². The quantitative estimate of drug-likeness (QED) is 0.547. The van der Waals surface area contributed by atoms with Crippen LogP contribution in [0.3, 0.4) is 0 Å². The van der Waals surface area contributed by atoms with Gasteiger partial charge in [-0.05, 0) is 42.1 Å². The Bertz CT molecular complexity index is 974. The minimum Gasteiger partial charge on any atom is -0.411 e. The summed E-state index contributed by atoms with van der Waals surface area (Å²) < 4.78 is 5.71. The van der Waals surface area contributed by atoms with E-state index in [2.05, 4.69) is 20.2 Å². The first kappa shape index (κ1) is 14.2. The fourth-order valence-corrected chi connectivity index (χ4v) is 3.11. The van der Waals surface area contributed by atoms with Gasteiger partial charge in [-0.1, -0.05) is 17.7 Å². The van der Waals surface area contributed by atoms with Crippen molar-refractivity contribution < 1.29 is 4.42 Å². The molecule has 0 saturated carbocycles. The molecular formula is C16H9ClN4OS. The average molecular weight is 341 g/mol. The molecule has 0 unspecified atom stereocenters. The molecule has 0 aliphatic heterocycles. The Labute approximate surface area is 140 Å². The second-order valence-corrected chi connectivity index (χ2v) is 6.11. The molecule has 1 aromatic carbocycles. The summed E-state index contributed by atoms with van der Waals surface area (Å²) in [7, 11) is 0. The summed E-state index contributed by atoms with van der Waals surface area (Å²) in [5, 5.41) is 10.3. The molecule has 4 rings (SSSR count). The van der Waals surface area contributed by atoms with Gasteiger partial charge in [0, 0.05) is 39.5 Å². The van der Waals surface area contributed by atoms with Gasteiger partial charge in [0.05, 0.1) is 5.52 Å². The van der Waals surface area contributed by atoms with Crippen molar-refractivity contribution >= 4 is 34.3 Å². The zero-order chi connectivity index (χ0) is 15.6. The fraction of sp³-hybridized carbons (Fsp3) is 0. The minimum atomic E-state index is 0.469. The minimum absolute atomic E-state index is 0.469. The summed E-state index contributed by atoms with van der Waals surface area (Å²) in [5.74, 6) is 0.469. The van der Waals surface area contributed by atoms with Gasteiger partial charge < -0.3 is 4.42 Å². The lowest BCUT2D eigenvalue weighted by molar-refractivity contribution is 0.466. The maximum Gasteiger partial charge on any atom is 0.281 e. The summed E-state index contributed by atoms with van der Waals surface area (Å²) in [5.41, 5.74) is 1.67. The lowest BCUT2D eigenvalue weighted by Crippen LogP contribution is -1.82. The van der Waals surface area contributed by atoms with Crippen LogP contribution < -0.4 is 0 Å². The number of hydrogen-bond acceptors (Lipinski definition) is 6. The lowest BCUT2D eigenvalue weighted by Gasteiger charge is -2.03. The molecule has 0 aliphatic rings. The van der Waals surface area contributed by atoms with E-state index in [0.717, 1.165) is 21.4 Å². The monoisotopic (exact) mass is 340 g/mol. The second-order valence-electron chi connectivity index (χ2n) is 4.68. The highest BCUT2D eigenvalue weighted by molar-refractivity contribution is 7.99. The van der Waals surface area contributed by atoms with Crippen LogP contribution in [0.2, 0.25) is 5.02 Å². The zero-order valence-electron chi connectivity index (χ0n) is 11.7. The SMILES string of the molecule is Clc1ccc2c(Sc3nnc(-c4ccncc4)o3)ccnc2c1. The summed E-state index contributed by atoms with van der Waals surface area (Å²) in [6, 6.07) is 11.2. The van der Waals surface area contributed by atoms with Crippen LogP contribution >= 0.6 is 23.4 Å². The van der Waals surface area contributed by atoms with Gasteiger partial charge in [-0.25, -0.2) is 0 Å². The number of fused-ring (bicyclic) bond motifs is 1. The van der Waals surface area contributed by atoms with Crippen LogP contribution in [0.5, 0.6) is 0 Å². The summed E-state index contributed by atoms with van der Waals surface area (Å²) in [6.07, 6.45) is 5.11. The first-order valence-electron chi connectivity index (χ1n) is 6.75. The summed E-state index contributed by atoms with van der Waals surface area (Å²) in [4.78, 5) is 9.28. The number of hydrogen-bond donors (Lipinski definition) is 0. The molecule has 112 valence electrons. The molecule has 0 bridgehead atoms. The molecule has 4 aromatic rings. The van der Waals surface area contributed by atoms with Crippen molar-refractivity contribution in [3.05, 3.63) is 60.0 Å². The molecule has 23 heavy (non-hydrogen) atoms. The fourth-order valence-electron chi connectivity index (χ4n) is 2.14. The topological polar surface area (TPSA) is 64.7 Å². The van der Waals surface area contributed by atoms with Crippen LogP contribution in [0.1, 0.15) is 0 Å². The average Bonchev–Trinajstić information content (AvgIpc) is 3.04. The van der Waals surface area contributed by atoms with Gasteiger partial charge in [-0.2, -0.15) is 0 Å². The van der Waals surface area contributed by atoms with Gasteiger partial charge in [0.15, 0.2) is 0 Å². The van der Waals surface area contributed by atoms with Crippen molar-refractivity contribution in [3.8, 4) is 11.5 Å². The molecule has 3 heterocycles. The van der Waals surface area contributed by atoms with E-state index in [1.165, 1.54) is 11.8 Å². The Morgan fingerprint density at radius 3 is 2.70 bits per heavy atom. The van der Waals surface area contributed by atoms with Crippen LogP contribution in [0.4, 0.5) is 0 Å². The van der Waals surface area contributed by atoms with Gasteiger partial charge in [-0.15, -0.1) is 10.2 Å². The molecule has 0 aliphatic carbocycles. The molecule has 7 heteroatoms. The number of benzene rings is 1. The Morgan fingerprint density at radius 1 is 0.957 bits per heavy atom. The van der Waals surface area contributed by atoms with Gasteiger partial charge in [0.1, 0.15) is 0 Å². The predicted molar refractivity (Wildman–Crippen MR) is 88.4 cm³/mol. The third-order valence-corrected chi connectivity index (χ3v) is 4.35. The van der Waals surface area contributed by atoms with E-state index < -0.39 is 0 Å². The van der Waals surface area contributed by atoms with E-state index >= 15 is 0 Å². The Hall–Kier alpha value is -2.44. The maximum absolute atomic E-state index is 6.01. The highest BCUT2D eigenvalue weighted by Crippen LogP contribution is 2.33. The molecule has 0 atom stereocenters. The Morgan fingerprint density at radius 2 is 1.83 bits per heavy atom. The number of aromatic nitrogens is 4. The predicted octanol–water partition coefficient (Wildman–Crippen LogP) is 4.48. The zero-order valence-corrected chi connectivity index (χ0v) is 13.3. The highest BCUT2D eigenvalue weighted by atomic mass is 35.5. The maximum atomic E-state index is 6.01. The first-order valence-corrected chi connectivity index (χ1v) is 7.95. The van der Waals surface area contributed by atoms with Crippen molar-refractivity contribution in [1.82, 2.24) is 20.2 Å². The second kappa shape index (κ2) is 5.98. The molecule has 0 radical (unpaired) electrons. The number of nitrogens with zero attached hydrogens (tertiary/aromatic N) is 4.